The van der Waals surface area contributed by atoms with Crippen LogP contribution >= 0.6 is 11.3 Å². The molecule has 0 amide bonds. The van der Waals surface area contributed by atoms with Crippen LogP contribution in [0, 0.1) is 0 Å². The minimum atomic E-state index is -0.221. The molecular weight excluding hydrogens is 354 g/mol. The van der Waals surface area contributed by atoms with Gasteiger partial charge in [-0.3, -0.25) is 0 Å². The summed E-state index contributed by atoms with van der Waals surface area (Å²) in [7, 11) is 0. The maximum absolute atomic E-state index is 12.5. The number of thiazole rings is 1. The SMILES string of the molecule is O=C(C[n+]1c(Cc2ccccc2)sc2ccccc21)OCc1ccccc1. The highest BCUT2D eigenvalue weighted by Crippen LogP contribution is 2.22. The fourth-order valence-corrected chi connectivity index (χ4v) is 4.27. The van der Waals surface area contributed by atoms with Crippen LogP contribution in [-0.4, -0.2) is 5.97 Å². The first-order valence-electron chi connectivity index (χ1n) is 8.93. The van der Waals surface area contributed by atoms with E-state index < -0.39 is 0 Å². The van der Waals surface area contributed by atoms with Crippen molar-refractivity contribution in [2.24, 2.45) is 0 Å². The van der Waals surface area contributed by atoms with Crippen molar-refractivity contribution in [3.8, 4) is 0 Å². The summed E-state index contributed by atoms with van der Waals surface area (Å²) in [4.78, 5) is 12.5. The Labute approximate surface area is 162 Å². The van der Waals surface area contributed by atoms with Gasteiger partial charge in [0, 0.05) is 6.07 Å². The van der Waals surface area contributed by atoms with E-state index in [0.717, 1.165) is 22.5 Å². The predicted molar refractivity (Wildman–Crippen MR) is 108 cm³/mol. The van der Waals surface area contributed by atoms with E-state index in [1.54, 1.807) is 11.3 Å². The summed E-state index contributed by atoms with van der Waals surface area (Å²) >= 11 is 1.73. The molecule has 134 valence electrons. The summed E-state index contributed by atoms with van der Waals surface area (Å²) in [6.07, 6.45) is 0.798. The monoisotopic (exact) mass is 374 g/mol. The first kappa shape index (κ1) is 17.4. The lowest BCUT2D eigenvalue weighted by atomic mass is 10.1. The fourth-order valence-electron chi connectivity index (χ4n) is 3.07. The Bertz CT molecular complexity index is 1040. The largest absolute Gasteiger partial charge is 0.456 e. The molecule has 4 aromatic rings. The molecule has 0 radical (unpaired) electrons. The zero-order chi connectivity index (χ0) is 18.5. The number of fused-ring (bicyclic) bond motifs is 1. The van der Waals surface area contributed by atoms with Gasteiger partial charge in [-0.15, -0.1) is 0 Å². The number of carbonyl (C=O) groups excluding carboxylic acids is 1. The van der Waals surface area contributed by atoms with Crippen LogP contribution in [0.5, 0.6) is 0 Å². The first-order chi connectivity index (χ1) is 13.3. The third-order valence-corrected chi connectivity index (χ3v) is 5.58. The van der Waals surface area contributed by atoms with Crippen LogP contribution in [0.2, 0.25) is 0 Å². The van der Waals surface area contributed by atoms with Crippen LogP contribution in [-0.2, 0) is 29.1 Å². The summed E-state index contributed by atoms with van der Waals surface area (Å²) in [5, 5.41) is 1.15. The quantitative estimate of drug-likeness (QED) is 0.367. The number of hydrogen-bond donors (Lipinski definition) is 0. The summed E-state index contributed by atoms with van der Waals surface area (Å²) in [5.74, 6) is -0.221. The molecule has 3 aromatic carbocycles. The topological polar surface area (TPSA) is 30.2 Å². The second-order valence-corrected chi connectivity index (χ2v) is 7.47. The fraction of sp³-hybridized carbons (Fsp3) is 0.130. The van der Waals surface area contributed by atoms with Gasteiger partial charge in [-0.05, 0) is 17.2 Å². The maximum atomic E-state index is 12.5. The Hall–Kier alpha value is -2.98. The molecule has 0 N–H and O–H groups in total. The van der Waals surface area contributed by atoms with Gasteiger partial charge in [0.1, 0.15) is 11.3 Å². The van der Waals surface area contributed by atoms with E-state index >= 15 is 0 Å². The van der Waals surface area contributed by atoms with E-state index in [2.05, 4.69) is 28.8 Å². The molecule has 0 aliphatic carbocycles. The molecule has 4 heteroatoms. The molecule has 4 rings (SSSR count). The Morgan fingerprint density at radius 2 is 1.44 bits per heavy atom. The van der Waals surface area contributed by atoms with Crippen molar-refractivity contribution in [2.75, 3.05) is 0 Å². The Morgan fingerprint density at radius 3 is 2.19 bits per heavy atom. The minimum absolute atomic E-state index is 0.221. The highest BCUT2D eigenvalue weighted by atomic mass is 32.1. The Kier molecular flexibility index (Phi) is 5.26. The molecule has 0 fully saturated rings. The maximum Gasteiger partial charge on any atom is 0.373 e. The lowest BCUT2D eigenvalue weighted by Crippen LogP contribution is -2.41. The van der Waals surface area contributed by atoms with E-state index in [1.165, 1.54) is 10.3 Å². The highest BCUT2D eigenvalue weighted by molar-refractivity contribution is 7.18. The third-order valence-electron chi connectivity index (χ3n) is 4.41. The normalized spacial score (nSPS) is 10.8. The van der Waals surface area contributed by atoms with Gasteiger partial charge >= 0.3 is 5.97 Å². The summed E-state index contributed by atoms with van der Waals surface area (Å²) in [6, 6.07) is 28.3. The molecule has 0 bridgehead atoms. The van der Waals surface area contributed by atoms with Gasteiger partial charge in [-0.1, -0.05) is 84.1 Å². The van der Waals surface area contributed by atoms with Crippen LogP contribution < -0.4 is 4.57 Å². The molecule has 0 aliphatic heterocycles. The molecule has 0 unspecified atom stereocenters. The number of para-hydroxylation sites is 1. The molecule has 0 spiro atoms. The number of esters is 1. The second-order valence-electron chi connectivity index (χ2n) is 6.36. The van der Waals surface area contributed by atoms with Crippen LogP contribution in [0.1, 0.15) is 16.1 Å². The van der Waals surface area contributed by atoms with Gasteiger partial charge in [0.15, 0.2) is 0 Å². The Balaban J connectivity index is 1.56. The first-order valence-corrected chi connectivity index (χ1v) is 9.75. The van der Waals surface area contributed by atoms with Crippen molar-refractivity contribution in [3.63, 3.8) is 0 Å². The van der Waals surface area contributed by atoms with Gasteiger partial charge in [0.05, 0.1) is 6.42 Å². The number of ether oxygens (including phenoxy) is 1. The number of nitrogens with zero attached hydrogens (tertiary/aromatic N) is 1. The summed E-state index contributed by atoms with van der Waals surface area (Å²) in [6.45, 7) is 0.523. The average molecular weight is 374 g/mol. The lowest BCUT2D eigenvalue weighted by molar-refractivity contribution is -0.662. The van der Waals surface area contributed by atoms with Crippen molar-refractivity contribution in [2.45, 2.75) is 19.6 Å². The molecule has 0 aliphatic rings. The average Bonchev–Trinajstić information content (AvgIpc) is 3.05. The van der Waals surface area contributed by atoms with Gasteiger partial charge in [-0.25, -0.2) is 4.79 Å². The van der Waals surface area contributed by atoms with Crippen LogP contribution in [0.3, 0.4) is 0 Å². The van der Waals surface area contributed by atoms with Crippen LogP contribution in [0.4, 0.5) is 0 Å². The van der Waals surface area contributed by atoms with Crippen molar-refractivity contribution >= 4 is 27.5 Å². The van der Waals surface area contributed by atoms with Crippen LogP contribution in [0.25, 0.3) is 10.2 Å². The van der Waals surface area contributed by atoms with Crippen molar-refractivity contribution in [1.29, 1.82) is 0 Å². The van der Waals surface area contributed by atoms with Crippen molar-refractivity contribution in [1.82, 2.24) is 0 Å². The summed E-state index contributed by atoms with van der Waals surface area (Å²) < 4.78 is 8.76. The van der Waals surface area contributed by atoms with Crippen LogP contribution in [0.15, 0.2) is 84.9 Å². The number of hydrogen-bond acceptors (Lipinski definition) is 3. The molecule has 3 nitrogen and oxygen atoms in total. The van der Waals surface area contributed by atoms with Gasteiger partial charge < -0.3 is 4.74 Å². The zero-order valence-electron chi connectivity index (χ0n) is 14.9. The number of benzene rings is 3. The van der Waals surface area contributed by atoms with E-state index in [0.29, 0.717) is 6.61 Å². The number of rotatable bonds is 6. The van der Waals surface area contributed by atoms with Crippen molar-refractivity contribution < 1.29 is 14.1 Å². The van der Waals surface area contributed by atoms with E-state index in [1.807, 2.05) is 60.7 Å². The minimum Gasteiger partial charge on any atom is -0.456 e. The van der Waals surface area contributed by atoms with Gasteiger partial charge in [0.2, 0.25) is 17.1 Å². The van der Waals surface area contributed by atoms with Gasteiger partial charge in [-0.2, -0.15) is 4.57 Å². The Morgan fingerprint density at radius 1 is 0.815 bits per heavy atom. The molecule has 27 heavy (non-hydrogen) atoms. The molecule has 0 saturated carbocycles. The van der Waals surface area contributed by atoms with E-state index in [-0.39, 0.29) is 12.5 Å². The second kappa shape index (κ2) is 8.14. The molecular formula is C23H20NO2S+. The lowest BCUT2D eigenvalue weighted by Gasteiger charge is -2.04. The smallest absolute Gasteiger partial charge is 0.373 e. The standard InChI is InChI=1S/C23H20NO2S/c25-23(26-17-19-11-5-2-6-12-19)16-24-20-13-7-8-14-21(20)27-22(24)15-18-9-3-1-4-10-18/h1-14H,15-17H2/q+1. The van der Waals surface area contributed by atoms with E-state index in [9.17, 15) is 4.79 Å². The molecule has 1 heterocycles. The number of carbonyl (C=O) groups is 1. The number of aromatic nitrogens is 1. The summed E-state index contributed by atoms with van der Waals surface area (Å²) in [5.41, 5.74) is 3.30. The predicted octanol–water partition coefficient (Wildman–Crippen LogP) is 4.52. The van der Waals surface area contributed by atoms with E-state index in [4.69, 9.17) is 4.74 Å². The van der Waals surface area contributed by atoms with Gasteiger partial charge in [0.25, 0.3) is 0 Å². The van der Waals surface area contributed by atoms with Crippen molar-refractivity contribution in [3.05, 3.63) is 101 Å². The molecule has 0 atom stereocenters. The molecule has 0 saturated heterocycles. The molecule has 1 aromatic heterocycles. The zero-order valence-corrected chi connectivity index (χ0v) is 15.7. The third kappa shape index (κ3) is 4.23. The highest BCUT2D eigenvalue weighted by Gasteiger charge is 2.24.